The molecule has 4 rings (SSSR count). The lowest BCUT2D eigenvalue weighted by Crippen LogP contribution is -2.28. The van der Waals surface area contributed by atoms with Crippen molar-refractivity contribution in [2.75, 3.05) is 6.54 Å². The first kappa shape index (κ1) is 17.5. The van der Waals surface area contributed by atoms with Crippen molar-refractivity contribution in [3.8, 4) is 10.7 Å². The second-order valence-electron chi connectivity index (χ2n) is 5.48. The molecule has 7 nitrogen and oxygen atoms in total. The summed E-state index contributed by atoms with van der Waals surface area (Å²) in [5.74, 6) is 0.438. The van der Waals surface area contributed by atoms with Crippen molar-refractivity contribution in [3.05, 3.63) is 52.9 Å². The van der Waals surface area contributed by atoms with Gasteiger partial charge in [-0.2, -0.15) is 5.10 Å². The first-order valence-corrected chi connectivity index (χ1v) is 8.58. The van der Waals surface area contributed by atoms with E-state index in [1.807, 2.05) is 28.3 Å². The number of hydrogen-bond acceptors (Lipinski definition) is 6. The van der Waals surface area contributed by atoms with Crippen molar-refractivity contribution in [3.63, 3.8) is 0 Å². The lowest BCUT2D eigenvalue weighted by Gasteiger charge is -2.13. The van der Waals surface area contributed by atoms with Gasteiger partial charge in [0.05, 0.1) is 34.9 Å². The zero-order valence-electron chi connectivity index (χ0n) is 13.3. The average molecular weight is 377 g/mol. The van der Waals surface area contributed by atoms with Gasteiger partial charge in [0.1, 0.15) is 0 Å². The lowest BCUT2D eigenvalue weighted by atomic mass is 10.3. The molecule has 0 aromatic carbocycles. The van der Waals surface area contributed by atoms with E-state index in [2.05, 4.69) is 25.7 Å². The Balaban J connectivity index is 0.00000182. The van der Waals surface area contributed by atoms with Gasteiger partial charge in [0.25, 0.3) is 5.91 Å². The number of thiophene rings is 1. The summed E-state index contributed by atoms with van der Waals surface area (Å²) in [5.41, 5.74) is 2.45. The molecule has 0 aliphatic carbocycles. The molecule has 1 aliphatic rings. The fraction of sp³-hybridized carbons (Fsp3) is 0.250. The molecular weight excluding hydrogens is 360 g/mol. The third-order valence-electron chi connectivity index (χ3n) is 3.81. The Morgan fingerprint density at radius 3 is 2.92 bits per heavy atom. The minimum atomic E-state index is -0.197. The van der Waals surface area contributed by atoms with Gasteiger partial charge in [0.15, 0.2) is 5.82 Å². The van der Waals surface area contributed by atoms with E-state index in [0.717, 1.165) is 35.9 Å². The van der Waals surface area contributed by atoms with Crippen LogP contribution < -0.4 is 10.6 Å². The van der Waals surface area contributed by atoms with Crippen LogP contribution in [0.15, 0.2) is 36.0 Å². The molecule has 4 heterocycles. The molecule has 2 N–H and O–H groups in total. The summed E-state index contributed by atoms with van der Waals surface area (Å²) in [6, 6.07) is 5.92. The number of hydrogen-bond donors (Lipinski definition) is 2. The average Bonchev–Trinajstić information content (AvgIpc) is 3.29. The van der Waals surface area contributed by atoms with Gasteiger partial charge in [-0.15, -0.1) is 23.7 Å². The Bertz CT molecular complexity index is 823. The fourth-order valence-electron chi connectivity index (χ4n) is 2.59. The van der Waals surface area contributed by atoms with Crippen LogP contribution in [0.4, 0.5) is 0 Å². The van der Waals surface area contributed by atoms with Crippen LogP contribution in [-0.2, 0) is 19.6 Å². The van der Waals surface area contributed by atoms with Crippen LogP contribution in [0.25, 0.3) is 10.7 Å². The Morgan fingerprint density at radius 1 is 1.36 bits per heavy atom. The van der Waals surface area contributed by atoms with Crippen LogP contribution in [0.3, 0.4) is 0 Å². The molecule has 1 amide bonds. The molecule has 3 aromatic rings. The normalized spacial score (nSPS) is 13.0. The van der Waals surface area contributed by atoms with Crippen LogP contribution in [-0.4, -0.2) is 32.2 Å². The molecule has 0 atom stereocenters. The maximum Gasteiger partial charge on any atom is 0.254 e. The highest BCUT2D eigenvalue weighted by atomic mass is 35.5. The molecule has 130 valence electrons. The summed E-state index contributed by atoms with van der Waals surface area (Å²) in [6.07, 6.45) is 3.11. The van der Waals surface area contributed by atoms with E-state index in [1.165, 1.54) is 0 Å². The first-order valence-electron chi connectivity index (χ1n) is 7.70. The van der Waals surface area contributed by atoms with Crippen LogP contribution in [0.5, 0.6) is 0 Å². The topological polar surface area (TPSA) is 84.7 Å². The maximum absolute atomic E-state index is 12.2. The molecule has 0 unspecified atom stereocenters. The predicted molar refractivity (Wildman–Crippen MR) is 97.7 cm³/mol. The number of amides is 1. The highest BCUT2D eigenvalue weighted by Gasteiger charge is 2.13. The molecule has 9 heteroatoms. The molecule has 3 aromatic heterocycles. The second-order valence-corrected chi connectivity index (χ2v) is 6.43. The largest absolute Gasteiger partial charge is 0.346 e. The summed E-state index contributed by atoms with van der Waals surface area (Å²) in [7, 11) is 0. The Morgan fingerprint density at radius 2 is 2.20 bits per heavy atom. The highest BCUT2D eigenvalue weighted by molar-refractivity contribution is 7.13. The van der Waals surface area contributed by atoms with E-state index in [1.54, 1.807) is 23.7 Å². The molecule has 25 heavy (non-hydrogen) atoms. The summed E-state index contributed by atoms with van der Waals surface area (Å²) >= 11 is 1.57. The number of fused-ring (bicyclic) bond motifs is 1. The van der Waals surface area contributed by atoms with Gasteiger partial charge in [0.2, 0.25) is 0 Å². The summed E-state index contributed by atoms with van der Waals surface area (Å²) < 4.78 is 1.98. The van der Waals surface area contributed by atoms with Crippen molar-refractivity contribution >= 4 is 29.7 Å². The second kappa shape index (κ2) is 7.73. The van der Waals surface area contributed by atoms with Crippen molar-refractivity contribution in [1.29, 1.82) is 0 Å². The van der Waals surface area contributed by atoms with E-state index >= 15 is 0 Å². The number of carbonyl (C=O) groups excluding carboxylic acids is 1. The third-order valence-corrected chi connectivity index (χ3v) is 4.67. The van der Waals surface area contributed by atoms with E-state index < -0.39 is 0 Å². The molecule has 0 saturated carbocycles. The van der Waals surface area contributed by atoms with Crippen molar-refractivity contribution in [2.45, 2.75) is 19.6 Å². The van der Waals surface area contributed by atoms with Gasteiger partial charge in [-0.1, -0.05) is 6.07 Å². The van der Waals surface area contributed by atoms with E-state index in [0.29, 0.717) is 17.9 Å². The van der Waals surface area contributed by atoms with Gasteiger partial charge in [-0.05, 0) is 17.5 Å². The minimum Gasteiger partial charge on any atom is -0.346 e. The summed E-state index contributed by atoms with van der Waals surface area (Å²) in [4.78, 5) is 21.7. The standard InChI is InChI=1S/C16H16N6OS.ClH/c23-16(11-7-18-15(19-8-11)14-2-1-5-24-14)20-9-12-6-13-10-17-3-4-22(13)21-12;/h1-2,5-8,17H,3-4,9-10H2,(H,20,23);1H. The van der Waals surface area contributed by atoms with Crippen molar-refractivity contribution < 1.29 is 4.79 Å². The molecule has 0 radical (unpaired) electrons. The molecular formula is C16H17ClN6OS. The minimum absolute atomic E-state index is 0. The van der Waals surface area contributed by atoms with E-state index in [9.17, 15) is 4.79 Å². The SMILES string of the molecule is Cl.O=C(NCc1cc2n(n1)CCNC2)c1cnc(-c2cccs2)nc1. The zero-order valence-corrected chi connectivity index (χ0v) is 14.9. The number of nitrogens with zero attached hydrogens (tertiary/aromatic N) is 4. The third kappa shape index (κ3) is 3.87. The predicted octanol–water partition coefficient (Wildman–Crippen LogP) is 1.86. The van der Waals surface area contributed by atoms with Gasteiger partial charge in [0, 0.05) is 25.5 Å². The number of halogens is 1. The molecule has 0 fully saturated rings. The highest BCUT2D eigenvalue weighted by Crippen LogP contribution is 2.20. The zero-order chi connectivity index (χ0) is 16.4. The number of aromatic nitrogens is 4. The smallest absolute Gasteiger partial charge is 0.254 e. The van der Waals surface area contributed by atoms with Crippen molar-refractivity contribution in [2.24, 2.45) is 0 Å². The van der Waals surface area contributed by atoms with Gasteiger partial charge in [-0.25, -0.2) is 9.97 Å². The lowest BCUT2D eigenvalue weighted by molar-refractivity contribution is 0.0949. The quantitative estimate of drug-likeness (QED) is 0.726. The van der Waals surface area contributed by atoms with E-state index in [4.69, 9.17) is 0 Å². The van der Waals surface area contributed by atoms with Crippen LogP contribution >= 0.6 is 23.7 Å². The number of rotatable bonds is 4. The van der Waals surface area contributed by atoms with Gasteiger partial charge in [-0.3, -0.25) is 9.48 Å². The molecule has 0 bridgehead atoms. The Labute approximate surface area is 154 Å². The number of carbonyl (C=O) groups is 1. The molecule has 0 saturated heterocycles. The van der Waals surface area contributed by atoms with Crippen LogP contribution in [0.2, 0.25) is 0 Å². The molecule has 0 spiro atoms. The summed E-state index contributed by atoms with van der Waals surface area (Å²) in [5, 5.41) is 12.6. The van der Waals surface area contributed by atoms with Crippen LogP contribution in [0.1, 0.15) is 21.7 Å². The monoisotopic (exact) mass is 376 g/mol. The maximum atomic E-state index is 12.2. The molecule has 1 aliphatic heterocycles. The first-order chi connectivity index (χ1) is 11.8. The Kier molecular flexibility index (Phi) is 5.42. The van der Waals surface area contributed by atoms with Gasteiger partial charge >= 0.3 is 0 Å². The van der Waals surface area contributed by atoms with E-state index in [-0.39, 0.29) is 18.3 Å². The fourth-order valence-corrected chi connectivity index (χ4v) is 3.26. The number of nitrogens with one attached hydrogen (secondary N) is 2. The van der Waals surface area contributed by atoms with Crippen LogP contribution in [0, 0.1) is 0 Å². The summed E-state index contributed by atoms with van der Waals surface area (Å²) in [6.45, 7) is 3.00. The van der Waals surface area contributed by atoms with Gasteiger partial charge < -0.3 is 10.6 Å². The van der Waals surface area contributed by atoms with Crippen molar-refractivity contribution in [1.82, 2.24) is 30.4 Å². The Hall–Kier alpha value is -2.29.